The average Bonchev–Trinajstić information content (AvgIpc) is 3.05. The molecule has 19 heavy (non-hydrogen) atoms. The van der Waals surface area contributed by atoms with Gasteiger partial charge in [0.2, 0.25) is 10.0 Å². The average molecular weight is 325 g/mol. The minimum Gasteiger partial charge on any atom is -0.398 e. The number of halogens is 2. The monoisotopic (exact) mass is 324 g/mol. The number of hydrogen-bond acceptors (Lipinski definition) is 4. The number of rotatable bonds is 5. The van der Waals surface area contributed by atoms with Gasteiger partial charge >= 0.3 is 0 Å². The lowest BCUT2D eigenvalue weighted by Crippen LogP contribution is -2.32. The zero-order chi connectivity index (χ0) is 14.3. The molecule has 1 aliphatic carbocycles. The van der Waals surface area contributed by atoms with Crippen molar-refractivity contribution >= 4 is 38.9 Å². The Hall–Kier alpha value is -0.530. The summed E-state index contributed by atoms with van der Waals surface area (Å²) in [5, 5.41) is 9.42. The van der Waals surface area contributed by atoms with E-state index in [0.717, 1.165) is 12.8 Å². The maximum absolute atomic E-state index is 12.2. The van der Waals surface area contributed by atoms with Crippen LogP contribution in [0.4, 0.5) is 5.69 Å². The van der Waals surface area contributed by atoms with E-state index < -0.39 is 10.0 Å². The largest absolute Gasteiger partial charge is 0.398 e. The summed E-state index contributed by atoms with van der Waals surface area (Å²) >= 11 is 11.6. The van der Waals surface area contributed by atoms with Crippen LogP contribution in [0.1, 0.15) is 12.8 Å². The first kappa shape index (κ1) is 14.9. The third-order valence-corrected chi connectivity index (χ3v) is 5.38. The maximum Gasteiger partial charge on any atom is 0.244 e. The topological polar surface area (TPSA) is 92.4 Å². The second-order valence-corrected chi connectivity index (χ2v) is 7.34. The van der Waals surface area contributed by atoms with Crippen LogP contribution in [-0.2, 0) is 10.0 Å². The summed E-state index contributed by atoms with van der Waals surface area (Å²) in [6.07, 6.45) is 1.60. The second-order valence-electron chi connectivity index (χ2n) is 4.79. The normalized spacial score (nSPS) is 17.4. The number of nitrogen functional groups attached to an aromatic ring is 1. The Morgan fingerprint density at radius 2 is 2.00 bits per heavy atom. The third-order valence-electron chi connectivity index (χ3n) is 3.24. The van der Waals surface area contributed by atoms with Crippen LogP contribution >= 0.6 is 23.2 Å². The summed E-state index contributed by atoms with van der Waals surface area (Å²) in [6, 6.07) is 2.66. The van der Waals surface area contributed by atoms with Gasteiger partial charge in [0.1, 0.15) is 4.90 Å². The summed E-state index contributed by atoms with van der Waals surface area (Å²) in [6.45, 7) is 0.129. The molecular weight excluding hydrogens is 311 g/mol. The first-order valence-electron chi connectivity index (χ1n) is 5.65. The Labute approximate surface area is 121 Å². The molecular formula is C11H14Cl2N2O3S. The number of nitrogens with one attached hydrogen (secondary N) is 1. The Kier molecular flexibility index (Phi) is 3.99. The standard InChI is InChI=1S/C11H14Cl2N2O3S/c12-7-3-8(13)10(9(14)4-7)19(17,18)15-5-11(6-16)1-2-11/h3-4,15-16H,1-2,5-6,14H2. The van der Waals surface area contributed by atoms with Crippen LogP contribution in [0.2, 0.25) is 10.0 Å². The van der Waals surface area contributed by atoms with Gasteiger partial charge in [-0.25, -0.2) is 13.1 Å². The molecule has 4 N–H and O–H groups in total. The van der Waals surface area contributed by atoms with Crippen LogP contribution in [-0.4, -0.2) is 26.7 Å². The van der Waals surface area contributed by atoms with Gasteiger partial charge in [0, 0.05) is 23.6 Å². The number of nitrogens with two attached hydrogens (primary N) is 1. The van der Waals surface area contributed by atoms with Crippen LogP contribution in [0.15, 0.2) is 17.0 Å². The van der Waals surface area contributed by atoms with Gasteiger partial charge in [-0.05, 0) is 25.0 Å². The zero-order valence-corrected chi connectivity index (χ0v) is 12.3. The summed E-state index contributed by atoms with van der Waals surface area (Å²) in [5.41, 5.74) is 5.32. The highest BCUT2D eigenvalue weighted by molar-refractivity contribution is 7.89. The Bertz CT molecular complexity index is 577. The predicted molar refractivity (Wildman–Crippen MR) is 74.8 cm³/mol. The van der Waals surface area contributed by atoms with Gasteiger partial charge in [0.15, 0.2) is 0 Å². The highest BCUT2D eigenvalue weighted by Crippen LogP contribution is 2.44. The molecule has 0 aliphatic heterocycles. The zero-order valence-electron chi connectivity index (χ0n) is 9.99. The molecule has 0 heterocycles. The van der Waals surface area contributed by atoms with Crippen molar-refractivity contribution in [3.63, 3.8) is 0 Å². The SMILES string of the molecule is Nc1cc(Cl)cc(Cl)c1S(=O)(=O)NCC1(CO)CC1. The highest BCUT2D eigenvalue weighted by Gasteiger charge is 2.42. The fourth-order valence-corrected chi connectivity index (χ4v) is 3.89. The number of anilines is 1. The maximum atomic E-state index is 12.2. The van der Waals surface area contributed by atoms with Crippen molar-refractivity contribution in [3.8, 4) is 0 Å². The van der Waals surface area contributed by atoms with Crippen molar-refractivity contribution in [2.45, 2.75) is 17.7 Å². The van der Waals surface area contributed by atoms with E-state index in [2.05, 4.69) is 4.72 Å². The molecule has 0 unspecified atom stereocenters. The molecule has 1 aliphatic rings. The fourth-order valence-electron chi connectivity index (χ4n) is 1.75. The molecule has 1 saturated carbocycles. The molecule has 0 saturated heterocycles. The van der Waals surface area contributed by atoms with Gasteiger partial charge in [-0.3, -0.25) is 0 Å². The first-order valence-corrected chi connectivity index (χ1v) is 7.89. The Morgan fingerprint density at radius 3 is 2.47 bits per heavy atom. The van der Waals surface area contributed by atoms with E-state index in [1.807, 2.05) is 0 Å². The predicted octanol–water partition coefficient (Wildman–Crippen LogP) is 1.63. The van der Waals surface area contributed by atoms with Crippen molar-refractivity contribution in [2.24, 2.45) is 5.41 Å². The van der Waals surface area contributed by atoms with Crippen LogP contribution < -0.4 is 10.5 Å². The summed E-state index contributed by atoms with van der Waals surface area (Å²) in [7, 11) is -3.82. The van der Waals surface area contributed by atoms with E-state index in [1.54, 1.807) is 0 Å². The minimum atomic E-state index is -3.82. The molecule has 0 amide bonds. The number of sulfonamides is 1. The van der Waals surface area contributed by atoms with Crippen molar-refractivity contribution in [1.29, 1.82) is 0 Å². The van der Waals surface area contributed by atoms with Gasteiger partial charge in [0.25, 0.3) is 0 Å². The second kappa shape index (κ2) is 5.10. The molecule has 1 aromatic rings. The summed E-state index contributed by atoms with van der Waals surface area (Å²) in [4.78, 5) is -0.174. The summed E-state index contributed by atoms with van der Waals surface area (Å²) < 4.78 is 26.8. The fraction of sp³-hybridized carbons (Fsp3) is 0.455. The number of benzene rings is 1. The van der Waals surface area contributed by atoms with Crippen molar-refractivity contribution < 1.29 is 13.5 Å². The molecule has 0 radical (unpaired) electrons. The molecule has 106 valence electrons. The first-order chi connectivity index (χ1) is 8.80. The van der Waals surface area contributed by atoms with E-state index in [0.29, 0.717) is 0 Å². The van der Waals surface area contributed by atoms with Gasteiger partial charge in [-0.1, -0.05) is 23.2 Å². The number of aliphatic hydroxyl groups is 1. The van der Waals surface area contributed by atoms with Crippen molar-refractivity contribution in [3.05, 3.63) is 22.2 Å². The molecule has 0 bridgehead atoms. The van der Waals surface area contributed by atoms with E-state index >= 15 is 0 Å². The number of hydrogen-bond donors (Lipinski definition) is 3. The molecule has 0 spiro atoms. The summed E-state index contributed by atoms with van der Waals surface area (Å²) in [5.74, 6) is 0. The van der Waals surface area contributed by atoms with Gasteiger partial charge < -0.3 is 10.8 Å². The molecule has 1 aromatic carbocycles. The van der Waals surface area contributed by atoms with E-state index in [4.69, 9.17) is 34.0 Å². The molecule has 5 nitrogen and oxygen atoms in total. The quantitative estimate of drug-likeness (QED) is 0.718. The number of aliphatic hydroxyl groups excluding tert-OH is 1. The molecule has 8 heteroatoms. The minimum absolute atomic E-state index is 0.00107. The lowest BCUT2D eigenvalue weighted by atomic mass is 10.1. The van der Waals surface area contributed by atoms with Crippen LogP contribution in [0.25, 0.3) is 0 Å². The van der Waals surface area contributed by atoms with Crippen molar-refractivity contribution in [2.75, 3.05) is 18.9 Å². The van der Waals surface area contributed by atoms with Crippen LogP contribution in [0.3, 0.4) is 0 Å². The molecule has 0 atom stereocenters. The van der Waals surface area contributed by atoms with E-state index in [-0.39, 0.29) is 39.2 Å². The smallest absolute Gasteiger partial charge is 0.244 e. The molecule has 2 rings (SSSR count). The van der Waals surface area contributed by atoms with E-state index in [9.17, 15) is 8.42 Å². The van der Waals surface area contributed by atoms with Gasteiger partial charge in [-0.2, -0.15) is 0 Å². The highest BCUT2D eigenvalue weighted by atomic mass is 35.5. The third kappa shape index (κ3) is 3.14. The lowest BCUT2D eigenvalue weighted by molar-refractivity contribution is 0.213. The van der Waals surface area contributed by atoms with Gasteiger partial charge in [0.05, 0.1) is 10.7 Å². The van der Waals surface area contributed by atoms with E-state index in [1.165, 1.54) is 12.1 Å². The lowest BCUT2D eigenvalue weighted by Gasteiger charge is -2.15. The molecule has 1 fully saturated rings. The Morgan fingerprint density at radius 1 is 1.37 bits per heavy atom. The van der Waals surface area contributed by atoms with Gasteiger partial charge in [-0.15, -0.1) is 0 Å². The van der Waals surface area contributed by atoms with Crippen molar-refractivity contribution in [1.82, 2.24) is 4.72 Å². The van der Waals surface area contributed by atoms with Crippen LogP contribution in [0, 0.1) is 5.41 Å². The molecule has 0 aromatic heterocycles. The Balaban J connectivity index is 2.25. The van der Waals surface area contributed by atoms with Crippen LogP contribution in [0.5, 0.6) is 0 Å².